The zero-order valence-electron chi connectivity index (χ0n) is 34.3. The van der Waals surface area contributed by atoms with Gasteiger partial charge in [-0.25, -0.2) is 22.7 Å². The van der Waals surface area contributed by atoms with Gasteiger partial charge in [0.25, 0.3) is 10.0 Å². The highest BCUT2D eigenvalue weighted by Crippen LogP contribution is 2.38. The van der Waals surface area contributed by atoms with Gasteiger partial charge < -0.3 is 28.8 Å². The maximum Gasteiger partial charge on any atom is 0.416 e. The summed E-state index contributed by atoms with van der Waals surface area (Å²) >= 11 is 17.3. The van der Waals surface area contributed by atoms with Gasteiger partial charge in [-0.1, -0.05) is 35.3 Å². The number of pyridine rings is 1. The number of aryl methyl sites for hydroxylation is 1. The van der Waals surface area contributed by atoms with Crippen molar-refractivity contribution in [1.29, 1.82) is 0 Å². The molecule has 0 aliphatic carbocycles. The number of urea groups is 1. The number of aromatic nitrogens is 4. The van der Waals surface area contributed by atoms with Crippen LogP contribution >= 0.6 is 34.8 Å². The summed E-state index contributed by atoms with van der Waals surface area (Å²) in [5, 5.41) is 22.7. The van der Waals surface area contributed by atoms with Gasteiger partial charge in [-0.2, -0.15) is 28.1 Å². The van der Waals surface area contributed by atoms with Crippen molar-refractivity contribution < 1.29 is 64.9 Å². The summed E-state index contributed by atoms with van der Waals surface area (Å²) in [5.74, 6) is -0.103. The molecule has 0 saturated heterocycles. The molecular weight excluding hydrogens is 966 g/mol. The molecule has 0 radical (unpaired) electrons. The second-order valence-corrected chi connectivity index (χ2v) is 15.3. The van der Waals surface area contributed by atoms with Crippen LogP contribution in [0.15, 0.2) is 96.0 Å². The number of hydrogen-bond acceptors (Lipinski definition) is 15. The molecule has 350 valence electrons. The number of carbonyl (C=O) groups is 2. The van der Waals surface area contributed by atoms with E-state index in [2.05, 4.69) is 25.3 Å². The van der Waals surface area contributed by atoms with Crippen LogP contribution in [0.25, 0.3) is 10.9 Å². The van der Waals surface area contributed by atoms with Crippen LogP contribution in [0.1, 0.15) is 18.3 Å². The van der Waals surface area contributed by atoms with E-state index in [4.69, 9.17) is 63.6 Å². The second-order valence-electron chi connectivity index (χ2n) is 12.4. The van der Waals surface area contributed by atoms with Gasteiger partial charge in [0.05, 0.1) is 40.1 Å². The van der Waals surface area contributed by atoms with Gasteiger partial charge in [0, 0.05) is 23.7 Å². The molecule has 0 saturated carbocycles. The summed E-state index contributed by atoms with van der Waals surface area (Å²) in [4.78, 5) is 48.2. The van der Waals surface area contributed by atoms with Gasteiger partial charge in [0.15, 0.2) is 6.61 Å². The summed E-state index contributed by atoms with van der Waals surface area (Å²) in [7, 11) is -2.85. The number of para-hydroxylation sites is 1. The molecule has 66 heavy (non-hydrogen) atoms. The molecule has 2 aromatic heterocycles. The Morgan fingerprint density at radius 1 is 0.879 bits per heavy atom. The highest BCUT2D eigenvalue weighted by Gasteiger charge is 2.31. The molecule has 0 fully saturated rings. The smallest absolute Gasteiger partial charge is 0.416 e. The number of anilines is 1. The Labute approximate surface area is 387 Å². The zero-order chi connectivity index (χ0) is 48.6. The van der Waals surface area contributed by atoms with Gasteiger partial charge in [-0.3, -0.25) is 20.4 Å². The number of nitro groups is 1. The standard InChI is InChI=1S/C15H11ClF3NO4.C14H16ClN5O5S.C11H8ClNO3/c1-2-23-14-8-10(4-5-12(14)20(21)22)24-13-6-3-9(7-11(13)16)15(17,18)19;1-9-16-12(19-14(17-9)24-2)18-13(21)20-26(22,23)11-6-4-3-5-10(11)25-8-7-15;12-8-3-4-9(16-6-10(14)15)11-7(8)2-1-5-13-11/h3-8H,2H2,1H3;3-6H,7-8H2,1-2H3,(H2,16,17,18,19,20,21);1-5H,6H2,(H,14,15). The largest absolute Gasteiger partial charge is 0.491 e. The van der Waals surface area contributed by atoms with Crippen LogP contribution < -0.4 is 33.7 Å². The van der Waals surface area contributed by atoms with Gasteiger partial charge in [-0.05, 0) is 74.5 Å². The van der Waals surface area contributed by atoms with Gasteiger partial charge >= 0.3 is 29.9 Å². The molecule has 0 unspecified atom stereocenters. The number of fused-ring (bicyclic) bond motifs is 1. The third-order valence-electron chi connectivity index (χ3n) is 7.78. The summed E-state index contributed by atoms with van der Waals surface area (Å²) < 4.78 is 90.4. The molecule has 0 atom stereocenters. The third kappa shape index (κ3) is 15.1. The van der Waals surface area contributed by atoms with E-state index >= 15 is 0 Å². The fourth-order valence-electron chi connectivity index (χ4n) is 5.08. The number of hydrogen-bond donors (Lipinski definition) is 3. The van der Waals surface area contributed by atoms with E-state index in [9.17, 15) is 41.3 Å². The monoisotopic (exact) mass is 999 g/mol. The SMILES string of the molecule is CCOc1cc(Oc2ccc(C(F)(F)F)cc2Cl)ccc1[N+](=O)[O-].COc1nc(C)nc(NC(=O)NS(=O)(=O)c2ccccc2OCCCl)n1.O=C(O)COc1ccc(Cl)c2cccnc12. The van der Waals surface area contributed by atoms with Crippen LogP contribution in [-0.4, -0.2) is 83.2 Å². The quantitative estimate of drug-likeness (QED) is 0.0492. The number of amides is 2. The van der Waals surface area contributed by atoms with Crippen LogP contribution in [0.2, 0.25) is 10.0 Å². The number of ether oxygens (including phenoxy) is 5. The highest BCUT2D eigenvalue weighted by molar-refractivity contribution is 7.90. The number of carboxylic acids is 1. The average molecular weight is 1000 g/mol. The van der Waals surface area contributed by atoms with E-state index in [1.54, 1.807) is 50.4 Å². The number of alkyl halides is 4. The van der Waals surface area contributed by atoms with Crippen LogP contribution in [0.4, 0.5) is 29.6 Å². The number of benzene rings is 4. The molecule has 26 heteroatoms. The predicted molar refractivity (Wildman–Crippen MR) is 234 cm³/mol. The number of methoxy groups -OCH3 is 1. The lowest BCUT2D eigenvalue weighted by molar-refractivity contribution is -0.385. The fourth-order valence-corrected chi connectivity index (χ4v) is 6.65. The van der Waals surface area contributed by atoms with Crippen molar-refractivity contribution in [2.24, 2.45) is 0 Å². The molecule has 2 amide bonds. The molecule has 6 aromatic rings. The van der Waals surface area contributed by atoms with Crippen molar-refractivity contribution in [3.63, 3.8) is 0 Å². The zero-order valence-corrected chi connectivity index (χ0v) is 37.4. The Morgan fingerprint density at radius 2 is 1.61 bits per heavy atom. The van der Waals surface area contributed by atoms with E-state index in [1.807, 2.05) is 4.72 Å². The van der Waals surface area contributed by atoms with Crippen molar-refractivity contribution in [1.82, 2.24) is 24.7 Å². The summed E-state index contributed by atoms with van der Waals surface area (Å²) in [5.41, 5.74) is -0.586. The summed E-state index contributed by atoms with van der Waals surface area (Å²) in [6.45, 7) is 3.14. The van der Waals surface area contributed by atoms with Crippen molar-refractivity contribution >= 4 is 79.4 Å². The van der Waals surface area contributed by atoms with Crippen LogP contribution in [0, 0.1) is 17.0 Å². The van der Waals surface area contributed by atoms with E-state index in [-0.39, 0.29) is 75.5 Å². The lowest BCUT2D eigenvalue weighted by Gasteiger charge is -2.12. The first kappa shape index (κ1) is 51.7. The molecular formula is C40H35Cl3F3N7O12S. The van der Waals surface area contributed by atoms with E-state index in [0.717, 1.165) is 23.6 Å². The van der Waals surface area contributed by atoms with Crippen molar-refractivity contribution in [3.8, 4) is 34.8 Å². The molecule has 0 aliphatic rings. The van der Waals surface area contributed by atoms with Crippen molar-refractivity contribution in [2.45, 2.75) is 24.9 Å². The van der Waals surface area contributed by atoms with E-state index in [1.165, 1.54) is 43.5 Å². The number of halogens is 6. The predicted octanol–water partition coefficient (Wildman–Crippen LogP) is 9.13. The molecule has 19 nitrogen and oxygen atoms in total. The number of sulfonamides is 1. The number of carbonyl (C=O) groups excluding carboxylic acids is 1. The lowest BCUT2D eigenvalue weighted by atomic mass is 10.2. The Hall–Kier alpha value is -6.95. The molecule has 0 spiro atoms. The first-order valence-electron chi connectivity index (χ1n) is 18.5. The van der Waals surface area contributed by atoms with Crippen LogP contribution in [-0.2, 0) is 21.0 Å². The van der Waals surface area contributed by atoms with Crippen LogP contribution in [0.5, 0.6) is 34.8 Å². The Kier molecular flexibility index (Phi) is 18.7. The third-order valence-corrected chi connectivity index (χ3v) is 9.93. The van der Waals surface area contributed by atoms with Gasteiger partial charge in [0.1, 0.15) is 45.8 Å². The Balaban J connectivity index is 0.000000222. The lowest BCUT2D eigenvalue weighted by Crippen LogP contribution is -2.35. The van der Waals surface area contributed by atoms with Crippen molar-refractivity contribution in [3.05, 3.63) is 123 Å². The number of nitrogens with one attached hydrogen (secondary N) is 2. The maximum absolute atomic E-state index is 12.6. The van der Waals surface area contributed by atoms with Crippen LogP contribution in [0.3, 0.4) is 0 Å². The maximum atomic E-state index is 12.6. The topological polar surface area (TPSA) is 253 Å². The molecule has 0 bridgehead atoms. The van der Waals surface area contributed by atoms with Gasteiger partial charge in [-0.15, -0.1) is 11.6 Å². The molecule has 4 aromatic carbocycles. The summed E-state index contributed by atoms with van der Waals surface area (Å²) in [6.07, 6.45) is -2.91. The number of aliphatic carboxylic acids is 1. The molecule has 0 aliphatic heterocycles. The molecule has 2 heterocycles. The Morgan fingerprint density at radius 3 is 2.26 bits per heavy atom. The number of nitrogens with zero attached hydrogens (tertiary/aromatic N) is 5. The molecule has 6 rings (SSSR count). The minimum absolute atomic E-state index is 0.0111. The number of carboxylic acid groups (broad SMARTS) is 1. The fraction of sp³-hybridized carbons (Fsp3) is 0.200. The highest BCUT2D eigenvalue weighted by atomic mass is 35.5. The van der Waals surface area contributed by atoms with E-state index in [0.29, 0.717) is 16.3 Å². The van der Waals surface area contributed by atoms with Gasteiger partial charge in [0.2, 0.25) is 11.7 Å². The van der Waals surface area contributed by atoms with Crippen molar-refractivity contribution in [2.75, 3.05) is 38.1 Å². The van der Waals surface area contributed by atoms with E-state index < -0.39 is 45.3 Å². The minimum atomic E-state index is -4.52. The minimum Gasteiger partial charge on any atom is -0.491 e. The normalized spacial score (nSPS) is 10.9. The first-order valence-corrected chi connectivity index (χ1v) is 21.3. The molecule has 3 N–H and O–H groups in total. The second kappa shape index (κ2) is 23.8. The average Bonchev–Trinajstić information content (AvgIpc) is 3.26. The number of rotatable bonds is 15. The first-order chi connectivity index (χ1) is 31.3. The number of nitro benzene ring substituents is 1. The summed E-state index contributed by atoms with van der Waals surface area (Å²) in [6, 6.07) is 18.0. The Bertz CT molecular complexity index is 2800.